The molecule has 0 unspecified atom stereocenters. The molecule has 116 valence electrons. The lowest BCUT2D eigenvalue weighted by molar-refractivity contribution is -0.129. The second-order valence-electron chi connectivity index (χ2n) is 5.38. The van der Waals surface area contributed by atoms with Crippen LogP contribution >= 0.6 is 15.9 Å². The number of likely N-dealkylation sites (tertiary alicyclic amines) is 1. The van der Waals surface area contributed by atoms with Gasteiger partial charge < -0.3 is 10.6 Å². The number of nitrogens with two attached hydrogens (primary N) is 1. The number of carbonyl (C=O) groups excluding carboxylic acids is 1. The van der Waals surface area contributed by atoms with Gasteiger partial charge in [-0.3, -0.25) is 4.79 Å². The van der Waals surface area contributed by atoms with E-state index in [1.54, 1.807) is 29.2 Å². The van der Waals surface area contributed by atoms with Crippen molar-refractivity contribution in [3.63, 3.8) is 0 Å². The summed E-state index contributed by atoms with van der Waals surface area (Å²) in [5.41, 5.74) is 6.47. The van der Waals surface area contributed by atoms with Gasteiger partial charge in [-0.1, -0.05) is 28.1 Å². The molecule has 0 atom stereocenters. The summed E-state index contributed by atoms with van der Waals surface area (Å²) in [5.74, 6) is -0.864. The van der Waals surface area contributed by atoms with Gasteiger partial charge in [0.1, 0.15) is 5.75 Å². The van der Waals surface area contributed by atoms with Crippen LogP contribution in [0.4, 0.5) is 0 Å². The number of hydrogen-bond acceptors (Lipinski definition) is 4. The molecule has 0 bridgehead atoms. The lowest BCUT2D eigenvalue weighted by Crippen LogP contribution is -2.45. The Morgan fingerprint density at radius 3 is 2.38 bits per heavy atom. The highest BCUT2D eigenvalue weighted by atomic mass is 79.9. The van der Waals surface area contributed by atoms with Crippen molar-refractivity contribution in [3.05, 3.63) is 34.3 Å². The largest absolute Gasteiger partial charge is 0.342 e. The Kier molecular flexibility index (Phi) is 5.40. The SMILES string of the molecule is NC1CCN(C(=O)CS(=O)(=O)Cc2ccc(Br)cc2)CC1. The molecule has 0 radical (unpaired) electrons. The molecule has 2 N–H and O–H groups in total. The van der Waals surface area contributed by atoms with Crippen LogP contribution in [0.3, 0.4) is 0 Å². The summed E-state index contributed by atoms with van der Waals surface area (Å²) >= 11 is 3.30. The van der Waals surface area contributed by atoms with Crippen molar-refractivity contribution in [2.75, 3.05) is 18.8 Å². The fourth-order valence-corrected chi connectivity index (χ4v) is 3.94. The van der Waals surface area contributed by atoms with E-state index in [-0.39, 0.29) is 17.7 Å². The number of sulfone groups is 1. The van der Waals surface area contributed by atoms with Gasteiger partial charge >= 0.3 is 0 Å². The van der Waals surface area contributed by atoms with E-state index in [2.05, 4.69) is 15.9 Å². The van der Waals surface area contributed by atoms with E-state index in [1.165, 1.54) is 0 Å². The molecule has 0 aliphatic carbocycles. The molecule has 1 aliphatic rings. The highest BCUT2D eigenvalue weighted by Gasteiger charge is 2.25. The molecule has 1 aliphatic heterocycles. The van der Waals surface area contributed by atoms with E-state index < -0.39 is 15.6 Å². The number of piperidine rings is 1. The Morgan fingerprint density at radius 2 is 1.81 bits per heavy atom. The second kappa shape index (κ2) is 6.89. The van der Waals surface area contributed by atoms with Crippen LogP contribution in [0.15, 0.2) is 28.7 Å². The van der Waals surface area contributed by atoms with Gasteiger partial charge in [-0.25, -0.2) is 8.42 Å². The minimum atomic E-state index is -3.45. The summed E-state index contributed by atoms with van der Waals surface area (Å²) < 4.78 is 25.1. The number of amides is 1. The molecule has 1 saturated heterocycles. The molecule has 1 heterocycles. The Hall–Kier alpha value is -0.920. The average Bonchev–Trinajstić information content (AvgIpc) is 2.41. The Bertz CT molecular complexity index is 593. The quantitative estimate of drug-likeness (QED) is 0.861. The van der Waals surface area contributed by atoms with Gasteiger partial charge in [0.15, 0.2) is 9.84 Å². The maximum absolute atomic E-state index is 12.1. The summed E-state index contributed by atoms with van der Waals surface area (Å²) in [6.07, 6.45) is 1.47. The number of hydrogen-bond donors (Lipinski definition) is 1. The van der Waals surface area contributed by atoms with Crippen molar-refractivity contribution >= 4 is 31.7 Å². The third kappa shape index (κ3) is 5.09. The fourth-order valence-electron chi connectivity index (χ4n) is 2.31. The standard InChI is InChI=1S/C14H19BrN2O3S/c15-12-3-1-11(2-4-12)9-21(19,20)10-14(18)17-7-5-13(16)6-8-17/h1-4,13H,5-10,16H2. The topological polar surface area (TPSA) is 80.5 Å². The maximum atomic E-state index is 12.1. The van der Waals surface area contributed by atoms with Crippen LogP contribution in [-0.2, 0) is 20.4 Å². The molecule has 0 aromatic heterocycles. The zero-order valence-corrected chi connectivity index (χ0v) is 14.1. The van der Waals surface area contributed by atoms with Crippen molar-refractivity contribution in [1.82, 2.24) is 4.90 Å². The average molecular weight is 375 g/mol. The molecule has 1 aromatic carbocycles. The first-order valence-electron chi connectivity index (χ1n) is 6.84. The minimum Gasteiger partial charge on any atom is -0.342 e. The third-order valence-corrected chi connectivity index (χ3v) is 5.52. The monoisotopic (exact) mass is 374 g/mol. The van der Waals surface area contributed by atoms with Crippen LogP contribution < -0.4 is 5.73 Å². The summed E-state index contributed by atoms with van der Waals surface area (Å²) in [4.78, 5) is 13.7. The van der Waals surface area contributed by atoms with Crippen molar-refractivity contribution in [2.24, 2.45) is 5.73 Å². The first-order chi connectivity index (χ1) is 9.85. The number of benzene rings is 1. The van der Waals surface area contributed by atoms with Gasteiger partial charge in [-0.05, 0) is 30.5 Å². The van der Waals surface area contributed by atoms with E-state index in [9.17, 15) is 13.2 Å². The van der Waals surface area contributed by atoms with Gasteiger partial charge in [0.05, 0.1) is 5.75 Å². The van der Waals surface area contributed by atoms with Gasteiger partial charge in [0.2, 0.25) is 5.91 Å². The Balaban J connectivity index is 1.94. The van der Waals surface area contributed by atoms with Crippen LogP contribution in [0.1, 0.15) is 18.4 Å². The van der Waals surface area contributed by atoms with Crippen molar-refractivity contribution in [2.45, 2.75) is 24.6 Å². The van der Waals surface area contributed by atoms with E-state index in [1.807, 2.05) is 0 Å². The first-order valence-corrected chi connectivity index (χ1v) is 9.45. The predicted octanol–water partition coefficient (Wildman–Crippen LogP) is 1.31. The number of halogens is 1. The van der Waals surface area contributed by atoms with Crippen molar-refractivity contribution < 1.29 is 13.2 Å². The lowest BCUT2D eigenvalue weighted by atomic mass is 10.1. The summed E-state index contributed by atoms with van der Waals surface area (Å²) in [6.45, 7) is 1.10. The van der Waals surface area contributed by atoms with Crippen LogP contribution in [0.5, 0.6) is 0 Å². The molecule has 1 fully saturated rings. The van der Waals surface area contributed by atoms with E-state index in [0.717, 1.165) is 17.3 Å². The zero-order chi connectivity index (χ0) is 15.5. The number of rotatable bonds is 4. The number of carbonyl (C=O) groups is 1. The number of nitrogens with zero attached hydrogens (tertiary/aromatic N) is 1. The summed E-state index contributed by atoms with van der Waals surface area (Å²) in [5, 5.41) is 0. The zero-order valence-electron chi connectivity index (χ0n) is 11.7. The molecule has 2 rings (SSSR count). The van der Waals surface area contributed by atoms with E-state index in [4.69, 9.17) is 5.73 Å². The predicted molar refractivity (Wildman–Crippen MR) is 85.4 cm³/mol. The third-order valence-electron chi connectivity index (χ3n) is 3.54. The smallest absolute Gasteiger partial charge is 0.237 e. The van der Waals surface area contributed by atoms with Gasteiger partial charge in [-0.2, -0.15) is 0 Å². The van der Waals surface area contributed by atoms with E-state index in [0.29, 0.717) is 18.7 Å². The van der Waals surface area contributed by atoms with Crippen LogP contribution in [0.25, 0.3) is 0 Å². The summed E-state index contributed by atoms with van der Waals surface area (Å²) in [7, 11) is -3.45. The van der Waals surface area contributed by atoms with Gasteiger partial charge in [0.25, 0.3) is 0 Å². The molecule has 1 aromatic rings. The Labute approximate surface area is 133 Å². The first kappa shape index (κ1) is 16.5. The van der Waals surface area contributed by atoms with E-state index >= 15 is 0 Å². The highest BCUT2D eigenvalue weighted by Crippen LogP contribution is 2.14. The van der Waals surface area contributed by atoms with Crippen molar-refractivity contribution in [1.29, 1.82) is 0 Å². The minimum absolute atomic E-state index is 0.112. The van der Waals surface area contributed by atoms with Crippen LogP contribution in [0, 0.1) is 0 Å². The molecule has 1 amide bonds. The van der Waals surface area contributed by atoms with Gasteiger partial charge in [-0.15, -0.1) is 0 Å². The highest BCUT2D eigenvalue weighted by molar-refractivity contribution is 9.10. The molecule has 7 heteroatoms. The molecular weight excluding hydrogens is 356 g/mol. The second-order valence-corrected chi connectivity index (χ2v) is 8.36. The molecule has 21 heavy (non-hydrogen) atoms. The van der Waals surface area contributed by atoms with Crippen LogP contribution in [0.2, 0.25) is 0 Å². The normalized spacial score (nSPS) is 17.0. The Morgan fingerprint density at radius 1 is 1.24 bits per heavy atom. The van der Waals surface area contributed by atoms with Gasteiger partial charge in [0, 0.05) is 23.6 Å². The fraction of sp³-hybridized carbons (Fsp3) is 0.500. The molecule has 0 spiro atoms. The summed E-state index contributed by atoms with van der Waals surface area (Å²) in [6, 6.07) is 7.18. The lowest BCUT2D eigenvalue weighted by Gasteiger charge is -2.30. The molecule has 5 nitrogen and oxygen atoms in total. The maximum Gasteiger partial charge on any atom is 0.237 e. The molecular formula is C14H19BrN2O3S. The molecule has 0 saturated carbocycles. The van der Waals surface area contributed by atoms with Crippen LogP contribution in [-0.4, -0.2) is 44.1 Å². The van der Waals surface area contributed by atoms with Crippen molar-refractivity contribution in [3.8, 4) is 0 Å².